The van der Waals surface area contributed by atoms with Crippen LogP contribution in [-0.4, -0.2) is 48.8 Å². The van der Waals surface area contributed by atoms with E-state index in [-0.39, 0.29) is 23.4 Å². The van der Waals surface area contributed by atoms with Crippen LogP contribution in [0.4, 0.5) is 4.39 Å². The van der Waals surface area contributed by atoms with Crippen molar-refractivity contribution in [1.82, 2.24) is 4.90 Å². The van der Waals surface area contributed by atoms with Crippen LogP contribution in [0.25, 0.3) is 0 Å². The highest BCUT2D eigenvalue weighted by Gasteiger charge is 2.47. The summed E-state index contributed by atoms with van der Waals surface area (Å²) in [5, 5.41) is 0. The lowest BCUT2D eigenvalue weighted by Gasteiger charge is -2.23. The molecule has 5 heteroatoms. The van der Waals surface area contributed by atoms with Gasteiger partial charge in [0.05, 0.1) is 24.9 Å². The van der Waals surface area contributed by atoms with Gasteiger partial charge in [-0.05, 0) is 49.8 Å². The average molecular weight is 333 g/mol. The molecule has 24 heavy (non-hydrogen) atoms. The molecule has 2 heterocycles. The zero-order valence-corrected chi connectivity index (χ0v) is 14.1. The number of halogens is 1. The third kappa shape index (κ3) is 3.20. The average Bonchev–Trinajstić information content (AvgIpc) is 3.19. The van der Waals surface area contributed by atoms with Crippen LogP contribution in [0.1, 0.15) is 41.6 Å². The Kier molecular flexibility index (Phi) is 4.09. The molecule has 0 N–H and O–H groups in total. The molecular weight excluding hydrogens is 309 g/mol. The van der Waals surface area contributed by atoms with Crippen LogP contribution >= 0.6 is 0 Å². The predicted octanol–water partition coefficient (Wildman–Crippen LogP) is 2.93. The fourth-order valence-corrected chi connectivity index (χ4v) is 3.68. The van der Waals surface area contributed by atoms with E-state index in [1.54, 1.807) is 24.0 Å². The third-order valence-corrected chi connectivity index (χ3v) is 5.46. The normalized spacial score (nSPS) is 29.6. The summed E-state index contributed by atoms with van der Waals surface area (Å²) in [6, 6.07) is 4.69. The number of rotatable bonds is 4. The molecule has 2 atom stereocenters. The second-order valence-corrected chi connectivity index (χ2v) is 7.54. The Morgan fingerprint density at radius 3 is 3.04 bits per heavy atom. The van der Waals surface area contributed by atoms with E-state index in [1.807, 2.05) is 0 Å². The number of carbonyl (C=O) groups excluding carboxylic acids is 1. The van der Waals surface area contributed by atoms with E-state index in [9.17, 15) is 9.18 Å². The van der Waals surface area contributed by atoms with Crippen LogP contribution in [0.2, 0.25) is 0 Å². The van der Waals surface area contributed by atoms with E-state index in [4.69, 9.17) is 9.47 Å². The lowest BCUT2D eigenvalue weighted by molar-refractivity contribution is 0.00156. The van der Waals surface area contributed by atoms with Crippen LogP contribution in [0.15, 0.2) is 18.2 Å². The molecule has 1 aromatic carbocycles. The van der Waals surface area contributed by atoms with Crippen molar-refractivity contribution in [2.75, 3.05) is 26.3 Å². The van der Waals surface area contributed by atoms with Crippen molar-refractivity contribution < 1.29 is 18.7 Å². The van der Waals surface area contributed by atoms with Crippen LogP contribution in [0, 0.1) is 18.7 Å². The standard InChI is InChI=1S/C19H24FNO3/c1-13-2-5-15(8-17(13)20)18(22)21-7-6-19(12-21)9-16(11-24-19)23-10-14-3-4-14/h2,5,8,14,16H,3-4,6-7,9-12H2,1H3/t16-,19+/m0/s1. The number of benzene rings is 1. The minimum absolute atomic E-state index is 0.114. The van der Waals surface area contributed by atoms with Crippen molar-refractivity contribution in [3.63, 3.8) is 0 Å². The van der Waals surface area contributed by atoms with Crippen LogP contribution in [-0.2, 0) is 9.47 Å². The molecule has 2 aliphatic heterocycles. The van der Waals surface area contributed by atoms with Gasteiger partial charge in [0, 0.05) is 25.1 Å². The van der Waals surface area contributed by atoms with Gasteiger partial charge in [0.1, 0.15) is 5.82 Å². The Bertz CT molecular complexity index is 645. The van der Waals surface area contributed by atoms with E-state index in [2.05, 4.69) is 0 Å². The molecule has 4 rings (SSSR count). The molecule has 0 radical (unpaired) electrons. The van der Waals surface area contributed by atoms with Gasteiger partial charge >= 0.3 is 0 Å². The molecule has 1 aliphatic carbocycles. The number of nitrogens with zero attached hydrogens (tertiary/aromatic N) is 1. The van der Waals surface area contributed by atoms with Gasteiger partial charge in [-0.15, -0.1) is 0 Å². The van der Waals surface area contributed by atoms with Crippen molar-refractivity contribution in [3.8, 4) is 0 Å². The van der Waals surface area contributed by atoms with Gasteiger partial charge in [0.2, 0.25) is 0 Å². The minimum atomic E-state index is -0.333. The monoisotopic (exact) mass is 333 g/mol. The topological polar surface area (TPSA) is 38.8 Å². The molecular formula is C19H24FNO3. The molecule has 4 nitrogen and oxygen atoms in total. The van der Waals surface area contributed by atoms with E-state index in [0.29, 0.717) is 30.8 Å². The van der Waals surface area contributed by atoms with Crippen molar-refractivity contribution >= 4 is 5.91 Å². The maximum absolute atomic E-state index is 13.7. The van der Waals surface area contributed by atoms with Crippen molar-refractivity contribution in [2.45, 2.75) is 44.3 Å². The van der Waals surface area contributed by atoms with Gasteiger partial charge in [-0.3, -0.25) is 4.79 Å². The first-order chi connectivity index (χ1) is 11.5. The number of carbonyl (C=O) groups is 1. The van der Waals surface area contributed by atoms with Crippen LogP contribution in [0.5, 0.6) is 0 Å². The third-order valence-electron chi connectivity index (χ3n) is 5.46. The Morgan fingerprint density at radius 1 is 1.46 bits per heavy atom. The number of aryl methyl sites for hydroxylation is 1. The fraction of sp³-hybridized carbons (Fsp3) is 0.632. The molecule has 1 amide bonds. The maximum atomic E-state index is 13.7. The predicted molar refractivity (Wildman–Crippen MR) is 87.4 cm³/mol. The highest BCUT2D eigenvalue weighted by atomic mass is 19.1. The zero-order valence-electron chi connectivity index (χ0n) is 14.1. The summed E-state index contributed by atoms with van der Waals surface area (Å²) in [5.41, 5.74) is 0.696. The maximum Gasteiger partial charge on any atom is 0.254 e. The summed E-state index contributed by atoms with van der Waals surface area (Å²) >= 11 is 0. The highest BCUT2D eigenvalue weighted by molar-refractivity contribution is 5.94. The quantitative estimate of drug-likeness (QED) is 0.850. The number of ether oxygens (including phenoxy) is 2. The number of hydrogen-bond donors (Lipinski definition) is 0. The summed E-state index contributed by atoms with van der Waals surface area (Å²) in [4.78, 5) is 14.4. The molecule has 130 valence electrons. The summed E-state index contributed by atoms with van der Waals surface area (Å²) in [7, 11) is 0. The molecule has 0 aromatic heterocycles. The molecule has 0 unspecified atom stereocenters. The van der Waals surface area contributed by atoms with E-state index in [0.717, 1.165) is 25.4 Å². The lowest BCUT2D eigenvalue weighted by Crippen LogP contribution is -2.36. The smallest absolute Gasteiger partial charge is 0.254 e. The highest BCUT2D eigenvalue weighted by Crippen LogP contribution is 2.38. The first kappa shape index (κ1) is 16.0. The summed E-state index contributed by atoms with van der Waals surface area (Å²) in [6.07, 6.45) is 4.40. The fourth-order valence-electron chi connectivity index (χ4n) is 3.68. The minimum Gasteiger partial charge on any atom is -0.375 e. The van der Waals surface area contributed by atoms with Crippen molar-refractivity contribution in [1.29, 1.82) is 0 Å². The lowest BCUT2D eigenvalue weighted by atomic mass is 9.98. The summed E-state index contributed by atoms with van der Waals surface area (Å²) in [5.74, 6) is 0.303. The molecule has 1 spiro atoms. The first-order valence-electron chi connectivity index (χ1n) is 8.86. The molecule has 1 saturated carbocycles. The largest absolute Gasteiger partial charge is 0.375 e. The first-order valence-corrected chi connectivity index (χ1v) is 8.86. The summed E-state index contributed by atoms with van der Waals surface area (Å²) in [6.45, 7) is 4.39. The van der Waals surface area contributed by atoms with Gasteiger partial charge in [0.15, 0.2) is 0 Å². The Morgan fingerprint density at radius 2 is 2.29 bits per heavy atom. The van der Waals surface area contributed by atoms with E-state index in [1.165, 1.54) is 18.9 Å². The Hall–Kier alpha value is -1.46. The molecule has 2 saturated heterocycles. The number of amides is 1. The van der Waals surface area contributed by atoms with E-state index >= 15 is 0 Å². The van der Waals surface area contributed by atoms with Gasteiger partial charge in [-0.1, -0.05) is 6.07 Å². The Balaban J connectivity index is 1.37. The Labute approximate surface area is 141 Å². The number of hydrogen-bond acceptors (Lipinski definition) is 3. The van der Waals surface area contributed by atoms with Crippen LogP contribution < -0.4 is 0 Å². The molecule has 3 aliphatic rings. The van der Waals surface area contributed by atoms with Crippen molar-refractivity contribution in [2.24, 2.45) is 5.92 Å². The second kappa shape index (κ2) is 6.12. The van der Waals surface area contributed by atoms with E-state index < -0.39 is 0 Å². The van der Waals surface area contributed by atoms with Crippen LogP contribution in [0.3, 0.4) is 0 Å². The SMILES string of the molecule is Cc1ccc(C(=O)N2CC[C@@]3(C[C@H](OCC4CC4)CO3)C2)cc1F. The molecule has 0 bridgehead atoms. The number of likely N-dealkylation sites (tertiary alicyclic amines) is 1. The van der Waals surface area contributed by atoms with Gasteiger partial charge < -0.3 is 14.4 Å². The van der Waals surface area contributed by atoms with Crippen molar-refractivity contribution in [3.05, 3.63) is 35.1 Å². The second-order valence-electron chi connectivity index (χ2n) is 7.54. The zero-order chi connectivity index (χ0) is 16.7. The van der Waals surface area contributed by atoms with Gasteiger partial charge in [-0.25, -0.2) is 4.39 Å². The van der Waals surface area contributed by atoms with Gasteiger partial charge in [-0.2, -0.15) is 0 Å². The van der Waals surface area contributed by atoms with Gasteiger partial charge in [0.25, 0.3) is 5.91 Å². The molecule has 1 aromatic rings. The summed E-state index contributed by atoms with van der Waals surface area (Å²) < 4.78 is 25.7. The molecule has 3 fully saturated rings.